The molecule has 1 heterocycles. The quantitative estimate of drug-likeness (QED) is 0.550. The summed E-state index contributed by atoms with van der Waals surface area (Å²) in [5.41, 5.74) is 5.48. The van der Waals surface area contributed by atoms with Gasteiger partial charge in [-0.15, -0.1) is 0 Å². The summed E-state index contributed by atoms with van der Waals surface area (Å²) >= 11 is 0. The Labute approximate surface area is 176 Å². The molecular formula is C24H26N2O4. The van der Waals surface area contributed by atoms with Crippen molar-refractivity contribution in [1.82, 2.24) is 5.16 Å². The van der Waals surface area contributed by atoms with Crippen LogP contribution in [0.3, 0.4) is 0 Å². The number of nitrogens with one attached hydrogen (secondary N) is 1. The van der Waals surface area contributed by atoms with E-state index in [0.29, 0.717) is 18.1 Å². The van der Waals surface area contributed by atoms with Crippen LogP contribution in [-0.4, -0.2) is 18.2 Å². The van der Waals surface area contributed by atoms with Crippen molar-refractivity contribution in [2.24, 2.45) is 0 Å². The molecule has 0 aliphatic carbocycles. The number of ether oxygens (including phenoxy) is 2. The molecule has 0 bridgehead atoms. The number of hydrogen-bond acceptors (Lipinski definition) is 5. The number of anilines is 1. The summed E-state index contributed by atoms with van der Waals surface area (Å²) in [5, 5.41) is 6.84. The number of amides is 1. The lowest BCUT2D eigenvalue weighted by atomic mass is 10.1. The number of methoxy groups -OCH3 is 1. The van der Waals surface area contributed by atoms with Crippen molar-refractivity contribution in [3.63, 3.8) is 0 Å². The molecule has 1 N–H and O–H groups in total. The summed E-state index contributed by atoms with van der Waals surface area (Å²) in [5.74, 6) is 1.73. The van der Waals surface area contributed by atoms with E-state index in [9.17, 15) is 4.79 Å². The fourth-order valence-corrected chi connectivity index (χ4v) is 2.98. The maximum Gasteiger partial charge on any atom is 0.248 e. The molecule has 3 aromatic rings. The topological polar surface area (TPSA) is 73.6 Å². The first-order chi connectivity index (χ1) is 14.4. The average molecular weight is 406 g/mol. The predicted molar refractivity (Wildman–Crippen MR) is 117 cm³/mol. The first kappa shape index (κ1) is 21.2. The molecule has 0 aliphatic rings. The normalized spacial score (nSPS) is 11.0. The molecule has 6 nitrogen and oxygen atoms in total. The highest BCUT2D eigenvalue weighted by molar-refractivity contribution is 6.02. The Hall–Kier alpha value is -3.54. The highest BCUT2D eigenvalue weighted by atomic mass is 16.5. The van der Waals surface area contributed by atoms with Crippen LogP contribution >= 0.6 is 0 Å². The van der Waals surface area contributed by atoms with E-state index in [4.69, 9.17) is 14.0 Å². The van der Waals surface area contributed by atoms with Crippen LogP contribution < -0.4 is 14.8 Å². The number of nitrogens with zero attached hydrogens (tertiary/aromatic N) is 1. The molecule has 30 heavy (non-hydrogen) atoms. The van der Waals surface area contributed by atoms with Crippen molar-refractivity contribution in [3.8, 4) is 11.5 Å². The van der Waals surface area contributed by atoms with Gasteiger partial charge < -0.3 is 19.3 Å². The standard InChI is InChI=1S/C24H26N2O4/c1-15-6-7-16(2)21(12-15)25-24(27)11-9-19-8-10-22(23(13-19)28-5)29-14-20-17(3)26-30-18(20)4/h6-13H,14H2,1-5H3,(H,25,27)/b11-9+. The van der Waals surface area contributed by atoms with Gasteiger partial charge in [0.1, 0.15) is 12.4 Å². The van der Waals surface area contributed by atoms with Crippen LogP contribution in [0.1, 0.15) is 33.7 Å². The van der Waals surface area contributed by atoms with Crippen molar-refractivity contribution >= 4 is 17.7 Å². The Balaban J connectivity index is 1.68. The summed E-state index contributed by atoms with van der Waals surface area (Å²) < 4.78 is 16.5. The first-order valence-electron chi connectivity index (χ1n) is 9.66. The third kappa shape index (κ3) is 5.08. The monoisotopic (exact) mass is 406 g/mol. The average Bonchev–Trinajstić information content (AvgIpc) is 3.05. The van der Waals surface area contributed by atoms with Crippen LogP contribution in [0.2, 0.25) is 0 Å². The van der Waals surface area contributed by atoms with Gasteiger partial charge in [0.05, 0.1) is 18.4 Å². The van der Waals surface area contributed by atoms with Gasteiger partial charge in [-0.3, -0.25) is 4.79 Å². The molecule has 0 fully saturated rings. The zero-order valence-corrected chi connectivity index (χ0v) is 17.9. The Morgan fingerprint density at radius 1 is 1.10 bits per heavy atom. The maximum absolute atomic E-state index is 12.3. The van der Waals surface area contributed by atoms with Gasteiger partial charge in [-0.1, -0.05) is 23.4 Å². The van der Waals surface area contributed by atoms with Crippen molar-refractivity contribution in [2.45, 2.75) is 34.3 Å². The molecule has 156 valence electrons. The van der Waals surface area contributed by atoms with E-state index in [1.165, 1.54) is 6.08 Å². The number of aromatic nitrogens is 1. The van der Waals surface area contributed by atoms with Crippen molar-refractivity contribution in [3.05, 3.63) is 76.2 Å². The number of benzene rings is 2. The highest BCUT2D eigenvalue weighted by Crippen LogP contribution is 2.30. The van der Waals surface area contributed by atoms with E-state index in [-0.39, 0.29) is 5.91 Å². The zero-order chi connectivity index (χ0) is 21.7. The highest BCUT2D eigenvalue weighted by Gasteiger charge is 2.12. The number of rotatable bonds is 7. The Bertz CT molecular complexity index is 1060. The van der Waals surface area contributed by atoms with E-state index < -0.39 is 0 Å². The molecule has 2 aromatic carbocycles. The van der Waals surface area contributed by atoms with Gasteiger partial charge >= 0.3 is 0 Å². The smallest absolute Gasteiger partial charge is 0.248 e. The zero-order valence-electron chi connectivity index (χ0n) is 17.9. The Kier molecular flexibility index (Phi) is 6.57. The van der Waals surface area contributed by atoms with Crippen LogP contribution in [0.4, 0.5) is 5.69 Å². The summed E-state index contributed by atoms with van der Waals surface area (Å²) in [4.78, 5) is 12.3. The molecule has 1 amide bonds. The van der Waals surface area contributed by atoms with Crippen molar-refractivity contribution in [1.29, 1.82) is 0 Å². The van der Waals surface area contributed by atoms with Crippen LogP contribution in [0.15, 0.2) is 47.0 Å². The molecule has 0 saturated carbocycles. The van der Waals surface area contributed by atoms with Crippen molar-refractivity contribution < 1.29 is 18.8 Å². The van der Waals surface area contributed by atoms with Crippen molar-refractivity contribution in [2.75, 3.05) is 12.4 Å². The Morgan fingerprint density at radius 3 is 2.60 bits per heavy atom. The molecular weight excluding hydrogens is 380 g/mol. The van der Waals surface area contributed by atoms with Gasteiger partial charge in [-0.25, -0.2) is 0 Å². The van der Waals surface area contributed by atoms with Crippen LogP contribution in [-0.2, 0) is 11.4 Å². The second kappa shape index (κ2) is 9.31. The van der Waals surface area contributed by atoms with E-state index in [1.807, 2.05) is 64.1 Å². The van der Waals surface area contributed by atoms with E-state index in [0.717, 1.165) is 39.4 Å². The maximum atomic E-state index is 12.3. The lowest BCUT2D eigenvalue weighted by molar-refractivity contribution is -0.111. The van der Waals surface area contributed by atoms with E-state index in [2.05, 4.69) is 10.5 Å². The minimum absolute atomic E-state index is 0.193. The number of aryl methyl sites for hydroxylation is 4. The van der Waals surface area contributed by atoms with Crippen LogP contribution in [0, 0.1) is 27.7 Å². The van der Waals surface area contributed by atoms with E-state index >= 15 is 0 Å². The third-order valence-corrected chi connectivity index (χ3v) is 4.82. The number of carbonyl (C=O) groups excluding carboxylic acids is 1. The summed E-state index contributed by atoms with van der Waals surface area (Å²) in [6.45, 7) is 8.03. The molecule has 6 heteroatoms. The first-order valence-corrected chi connectivity index (χ1v) is 9.66. The number of carbonyl (C=O) groups is 1. The molecule has 0 unspecified atom stereocenters. The molecule has 0 atom stereocenters. The summed E-state index contributed by atoms with van der Waals surface area (Å²) in [6.07, 6.45) is 3.24. The van der Waals surface area contributed by atoms with E-state index in [1.54, 1.807) is 13.2 Å². The molecule has 0 aliphatic heterocycles. The second-order valence-electron chi connectivity index (χ2n) is 7.14. The Morgan fingerprint density at radius 2 is 1.90 bits per heavy atom. The lowest BCUT2D eigenvalue weighted by Crippen LogP contribution is -2.09. The largest absolute Gasteiger partial charge is 0.493 e. The molecule has 0 radical (unpaired) electrons. The van der Waals surface area contributed by atoms with Gasteiger partial charge in [0.15, 0.2) is 11.5 Å². The molecule has 1 aromatic heterocycles. The number of hydrogen-bond donors (Lipinski definition) is 1. The van der Waals surface area contributed by atoms with Gasteiger partial charge in [0.25, 0.3) is 0 Å². The predicted octanol–water partition coefficient (Wildman–Crippen LogP) is 5.15. The second-order valence-corrected chi connectivity index (χ2v) is 7.14. The third-order valence-electron chi connectivity index (χ3n) is 4.82. The lowest BCUT2D eigenvalue weighted by Gasteiger charge is -2.11. The van der Waals surface area contributed by atoms with Gasteiger partial charge in [0, 0.05) is 11.8 Å². The van der Waals surface area contributed by atoms with Gasteiger partial charge in [0.2, 0.25) is 5.91 Å². The van der Waals surface area contributed by atoms with Crippen LogP contribution in [0.25, 0.3) is 6.08 Å². The van der Waals surface area contributed by atoms with Gasteiger partial charge in [-0.05, 0) is 68.7 Å². The van der Waals surface area contributed by atoms with Gasteiger partial charge in [-0.2, -0.15) is 0 Å². The van der Waals surface area contributed by atoms with Crippen LogP contribution in [0.5, 0.6) is 11.5 Å². The summed E-state index contributed by atoms with van der Waals surface area (Å²) in [6, 6.07) is 11.5. The fraction of sp³-hybridized carbons (Fsp3) is 0.250. The molecule has 3 rings (SSSR count). The SMILES string of the molecule is COc1cc(/C=C/C(=O)Nc2cc(C)ccc2C)ccc1OCc1c(C)noc1C. The minimum Gasteiger partial charge on any atom is -0.493 e. The summed E-state index contributed by atoms with van der Waals surface area (Å²) in [7, 11) is 1.58. The minimum atomic E-state index is -0.193. The fourth-order valence-electron chi connectivity index (χ4n) is 2.98. The molecule has 0 spiro atoms. The molecule has 0 saturated heterocycles.